The second kappa shape index (κ2) is 5.13. The molecule has 0 heterocycles. The SMILES string of the molecule is O=C(CCOc1ccc2c(c1)CCCC2)C1CC1. The van der Waals surface area contributed by atoms with Gasteiger partial charge in [-0.15, -0.1) is 0 Å². The molecule has 96 valence electrons. The first-order chi connectivity index (χ1) is 8.83. The van der Waals surface area contributed by atoms with Crippen molar-refractivity contribution in [1.29, 1.82) is 0 Å². The van der Waals surface area contributed by atoms with Crippen LogP contribution in [0, 0.1) is 5.92 Å². The molecule has 0 radical (unpaired) electrons. The minimum absolute atomic E-state index is 0.358. The molecule has 18 heavy (non-hydrogen) atoms. The van der Waals surface area contributed by atoms with E-state index in [2.05, 4.69) is 12.1 Å². The average molecular weight is 244 g/mol. The van der Waals surface area contributed by atoms with Crippen LogP contribution in [0.4, 0.5) is 0 Å². The van der Waals surface area contributed by atoms with Gasteiger partial charge >= 0.3 is 0 Å². The molecule has 0 bridgehead atoms. The van der Waals surface area contributed by atoms with Crippen LogP contribution in [0.1, 0.15) is 43.2 Å². The number of Topliss-reactive ketones (excluding diaryl/α,β-unsaturated/α-hetero) is 1. The number of ketones is 1. The molecule has 0 atom stereocenters. The highest BCUT2D eigenvalue weighted by atomic mass is 16.5. The predicted molar refractivity (Wildman–Crippen MR) is 70.9 cm³/mol. The van der Waals surface area contributed by atoms with E-state index < -0.39 is 0 Å². The van der Waals surface area contributed by atoms with E-state index in [-0.39, 0.29) is 0 Å². The first-order valence-corrected chi connectivity index (χ1v) is 7.10. The molecule has 3 rings (SSSR count). The van der Waals surface area contributed by atoms with Gasteiger partial charge < -0.3 is 4.74 Å². The van der Waals surface area contributed by atoms with Gasteiger partial charge in [-0.3, -0.25) is 4.79 Å². The molecule has 0 saturated heterocycles. The summed E-state index contributed by atoms with van der Waals surface area (Å²) in [7, 11) is 0. The largest absolute Gasteiger partial charge is 0.493 e. The predicted octanol–water partition coefficient (Wildman–Crippen LogP) is 3.31. The molecule has 0 unspecified atom stereocenters. The van der Waals surface area contributed by atoms with E-state index in [9.17, 15) is 4.79 Å². The summed E-state index contributed by atoms with van der Waals surface area (Å²) in [5.41, 5.74) is 2.91. The van der Waals surface area contributed by atoms with Crippen molar-refractivity contribution < 1.29 is 9.53 Å². The van der Waals surface area contributed by atoms with Crippen LogP contribution in [0.5, 0.6) is 5.75 Å². The summed E-state index contributed by atoms with van der Waals surface area (Å²) in [5, 5.41) is 0. The number of aryl methyl sites for hydroxylation is 2. The Kier molecular flexibility index (Phi) is 3.35. The Bertz CT molecular complexity index is 446. The summed E-state index contributed by atoms with van der Waals surface area (Å²) >= 11 is 0. The van der Waals surface area contributed by atoms with Crippen LogP contribution in [-0.2, 0) is 17.6 Å². The van der Waals surface area contributed by atoms with Crippen molar-refractivity contribution in [2.24, 2.45) is 5.92 Å². The molecule has 1 fully saturated rings. The Hall–Kier alpha value is -1.31. The zero-order chi connectivity index (χ0) is 12.4. The zero-order valence-electron chi connectivity index (χ0n) is 10.8. The quantitative estimate of drug-likeness (QED) is 0.794. The number of rotatable bonds is 5. The molecule has 0 aromatic heterocycles. The van der Waals surface area contributed by atoms with Gasteiger partial charge in [0.05, 0.1) is 6.61 Å². The minimum Gasteiger partial charge on any atom is -0.493 e. The van der Waals surface area contributed by atoms with E-state index in [1.54, 1.807) is 0 Å². The molecular weight excluding hydrogens is 224 g/mol. The Balaban J connectivity index is 1.54. The molecule has 2 aliphatic rings. The highest BCUT2D eigenvalue weighted by Gasteiger charge is 2.28. The van der Waals surface area contributed by atoms with Crippen LogP contribution >= 0.6 is 0 Å². The van der Waals surface area contributed by atoms with E-state index in [1.807, 2.05) is 6.07 Å². The molecule has 2 heteroatoms. The second-order valence-corrected chi connectivity index (χ2v) is 5.48. The normalized spacial score (nSPS) is 18.2. The van der Waals surface area contributed by atoms with Crippen molar-refractivity contribution >= 4 is 5.78 Å². The Labute approximate surface area is 108 Å². The number of benzene rings is 1. The van der Waals surface area contributed by atoms with Crippen LogP contribution < -0.4 is 4.74 Å². The first-order valence-electron chi connectivity index (χ1n) is 7.10. The monoisotopic (exact) mass is 244 g/mol. The van der Waals surface area contributed by atoms with Crippen LogP contribution in [0.15, 0.2) is 18.2 Å². The van der Waals surface area contributed by atoms with Gasteiger partial charge in [-0.05, 0) is 61.8 Å². The smallest absolute Gasteiger partial charge is 0.139 e. The van der Waals surface area contributed by atoms with Crippen LogP contribution in [0.2, 0.25) is 0 Å². The van der Waals surface area contributed by atoms with E-state index in [0.717, 1.165) is 18.6 Å². The molecule has 0 N–H and O–H groups in total. The average Bonchev–Trinajstić information content (AvgIpc) is 3.23. The lowest BCUT2D eigenvalue weighted by molar-refractivity contribution is -0.120. The molecule has 1 aromatic carbocycles. The molecular formula is C16H20O2. The van der Waals surface area contributed by atoms with E-state index in [1.165, 1.54) is 36.8 Å². The van der Waals surface area contributed by atoms with Gasteiger partial charge in [-0.25, -0.2) is 0 Å². The minimum atomic E-state index is 0.358. The lowest BCUT2D eigenvalue weighted by Crippen LogP contribution is -2.08. The lowest BCUT2D eigenvalue weighted by Gasteiger charge is -2.16. The molecule has 1 saturated carbocycles. The summed E-state index contributed by atoms with van der Waals surface area (Å²) in [4.78, 5) is 11.5. The highest BCUT2D eigenvalue weighted by Crippen LogP contribution is 2.31. The number of carbonyl (C=O) groups excluding carboxylic acids is 1. The van der Waals surface area contributed by atoms with Crippen molar-refractivity contribution in [2.75, 3.05) is 6.61 Å². The fraction of sp³-hybridized carbons (Fsp3) is 0.562. The summed E-state index contributed by atoms with van der Waals surface area (Å²) in [6.45, 7) is 0.536. The number of hydrogen-bond acceptors (Lipinski definition) is 2. The summed E-state index contributed by atoms with van der Waals surface area (Å²) in [5.74, 6) is 1.67. The van der Waals surface area contributed by atoms with Crippen LogP contribution in [-0.4, -0.2) is 12.4 Å². The molecule has 1 aromatic rings. The topological polar surface area (TPSA) is 26.3 Å². The number of fused-ring (bicyclic) bond motifs is 1. The molecule has 0 aliphatic heterocycles. The van der Waals surface area contributed by atoms with E-state index in [0.29, 0.717) is 24.7 Å². The molecule has 2 aliphatic carbocycles. The van der Waals surface area contributed by atoms with Gasteiger partial charge in [0.2, 0.25) is 0 Å². The van der Waals surface area contributed by atoms with Gasteiger partial charge in [0, 0.05) is 12.3 Å². The standard InChI is InChI=1S/C16H20O2/c17-16(13-5-6-13)9-10-18-15-8-7-12-3-1-2-4-14(12)11-15/h7-8,11,13H,1-6,9-10H2. The Morgan fingerprint density at radius 1 is 1.17 bits per heavy atom. The van der Waals surface area contributed by atoms with E-state index in [4.69, 9.17) is 4.74 Å². The first kappa shape index (κ1) is 11.8. The summed E-state index contributed by atoms with van der Waals surface area (Å²) in [6, 6.07) is 6.40. The van der Waals surface area contributed by atoms with Crippen LogP contribution in [0.25, 0.3) is 0 Å². The van der Waals surface area contributed by atoms with Gasteiger partial charge in [0.1, 0.15) is 11.5 Å². The van der Waals surface area contributed by atoms with Crippen molar-refractivity contribution in [3.8, 4) is 5.75 Å². The summed E-state index contributed by atoms with van der Waals surface area (Å²) < 4.78 is 5.70. The Morgan fingerprint density at radius 2 is 1.94 bits per heavy atom. The Morgan fingerprint density at radius 3 is 2.72 bits per heavy atom. The van der Waals surface area contributed by atoms with Gasteiger partial charge in [0.15, 0.2) is 0 Å². The fourth-order valence-corrected chi connectivity index (χ4v) is 2.68. The number of hydrogen-bond donors (Lipinski definition) is 0. The third-order valence-corrected chi connectivity index (χ3v) is 3.97. The maximum Gasteiger partial charge on any atom is 0.139 e. The highest BCUT2D eigenvalue weighted by molar-refractivity contribution is 5.83. The van der Waals surface area contributed by atoms with Crippen molar-refractivity contribution in [3.63, 3.8) is 0 Å². The molecule has 0 spiro atoms. The summed E-state index contributed by atoms with van der Waals surface area (Å²) in [6.07, 6.45) is 7.74. The maximum absolute atomic E-state index is 11.5. The number of carbonyl (C=O) groups is 1. The van der Waals surface area contributed by atoms with Gasteiger partial charge in [-0.2, -0.15) is 0 Å². The van der Waals surface area contributed by atoms with Crippen molar-refractivity contribution in [3.05, 3.63) is 29.3 Å². The van der Waals surface area contributed by atoms with Crippen molar-refractivity contribution in [2.45, 2.75) is 44.9 Å². The number of ether oxygens (including phenoxy) is 1. The van der Waals surface area contributed by atoms with Crippen LogP contribution in [0.3, 0.4) is 0 Å². The third-order valence-electron chi connectivity index (χ3n) is 3.97. The fourth-order valence-electron chi connectivity index (χ4n) is 2.68. The molecule has 2 nitrogen and oxygen atoms in total. The molecule has 0 amide bonds. The zero-order valence-corrected chi connectivity index (χ0v) is 10.8. The van der Waals surface area contributed by atoms with Crippen molar-refractivity contribution in [1.82, 2.24) is 0 Å². The van der Waals surface area contributed by atoms with Gasteiger partial charge in [-0.1, -0.05) is 6.07 Å². The third kappa shape index (κ3) is 2.74. The van der Waals surface area contributed by atoms with E-state index >= 15 is 0 Å². The van der Waals surface area contributed by atoms with Gasteiger partial charge in [0.25, 0.3) is 0 Å². The maximum atomic E-state index is 11.5. The lowest BCUT2D eigenvalue weighted by atomic mass is 9.92. The second-order valence-electron chi connectivity index (χ2n) is 5.48.